The van der Waals surface area contributed by atoms with Gasteiger partial charge in [0.05, 0.1) is 12.0 Å². The zero-order valence-corrected chi connectivity index (χ0v) is 20.4. The summed E-state index contributed by atoms with van der Waals surface area (Å²) in [5.41, 5.74) is 3.06. The lowest BCUT2D eigenvalue weighted by atomic mass is 9.92. The fraction of sp³-hybridized carbons (Fsp3) is 0.321. The van der Waals surface area contributed by atoms with E-state index in [0.717, 1.165) is 40.3 Å². The monoisotopic (exact) mass is 488 g/mol. The number of para-hydroxylation sites is 1. The molecule has 8 heteroatoms. The van der Waals surface area contributed by atoms with Crippen molar-refractivity contribution in [2.24, 2.45) is 0 Å². The highest BCUT2D eigenvalue weighted by Gasteiger charge is 2.28. The molecule has 4 aromatic rings. The number of hydrogen-bond acceptors (Lipinski definition) is 5. The summed E-state index contributed by atoms with van der Waals surface area (Å²) in [6.45, 7) is 5.82. The van der Waals surface area contributed by atoms with Crippen molar-refractivity contribution in [3.05, 3.63) is 75.3 Å². The first-order chi connectivity index (χ1) is 17.1. The first-order valence-corrected chi connectivity index (χ1v) is 12.0. The summed E-state index contributed by atoms with van der Waals surface area (Å²) < 4.78 is 11.6. The zero-order chi connectivity index (χ0) is 25.6. The normalized spacial score (nSPS) is 15.3. The van der Waals surface area contributed by atoms with Crippen LogP contribution in [0.4, 0.5) is 0 Å². The molecule has 1 aliphatic heterocycles. The van der Waals surface area contributed by atoms with Gasteiger partial charge in [-0.2, -0.15) is 0 Å². The lowest BCUT2D eigenvalue weighted by molar-refractivity contribution is -0.141. The highest BCUT2D eigenvalue weighted by Crippen LogP contribution is 2.36. The summed E-state index contributed by atoms with van der Waals surface area (Å²) >= 11 is 0. The molecule has 2 aromatic heterocycles. The molecule has 1 aliphatic rings. The molecule has 0 bridgehead atoms. The van der Waals surface area contributed by atoms with Crippen LogP contribution in [0.5, 0.6) is 5.75 Å². The molecule has 0 saturated carbocycles. The maximum atomic E-state index is 12.9. The lowest BCUT2D eigenvalue weighted by Crippen LogP contribution is -2.43. The summed E-state index contributed by atoms with van der Waals surface area (Å²) in [5, 5.41) is 14.0. The molecule has 5 rings (SSSR count). The van der Waals surface area contributed by atoms with E-state index in [1.165, 1.54) is 0 Å². The summed E-state index contributed by atoms with van der Waals surface area (Å²) in [4.78, 5) is 40.7. The van der Waals surface area contributed by atoms with Crippen molar-refractivity contribution in [3.63, 3.8) is 0 Å². The number of fused-ring (bicyclic) bond motifs is 3. The number of carbonyl (C=O) groups excluding carboxylic acids is 1. The molecule has 3 N–H and O–H groups in total. The molecule has 186 valence electrons. The second-order valence-electron chi connectivity index (χ2n) is 10.0. The third-order valence-electron chi connectivity index (χ3n) is 6.92. The van der Waals surface area contributed by atoms with Gasteiger partial charge in [0, 0.05) is 35.0 Å². The number of aliphatic carboxylic acids is 1. The Morgan fingerprint density at radius 3 is 2.75 bits per heavy atom. The Hall–Kier alpha value is -4.07. The highest BCUT2D eigenvalue weighted by atomic mass is 16.5. The Morgan fingerprint density at radius 2 is 1.97 bits per heavy atom. The second-order valence-corrected chi connectivity index (χ2v) is 10.0. The van der Waals surface area contributed by atoms with Gasteiger partial charge in [0.15, 0.2) is 0 Å². The second kappa shape index (κ2) is 8.86. The molecule has 3 heterocycles. The number of aromatic amines is 1. The Morgan fingerprint density at radius 1 is 1.19 bits per heavy atom. The number of carboxylic acid groups (broad SMARTS) is 1. The van der Waals surface area contributed by atoms with Gasteiger partial charge >= 0.3 is 11.6 Å². The van der Waals surface area contributed by atoms with Gasteiger partial charge in [0.2, 0.25) is 5.91 Å². The molecule has 0 fully saturated rings. The molecular formula is C28H28N2O6. The molecule has 2 aromatic carbocycles. The van der Waals surface area contributed by atoms with E-state index >= 15 is 0 Å². The van der Waals surface area contributed by atoms with Crippen LogP contribution in [0.25, 0.3) is 21.9 Å². The van der Waals surface area contributed by atoms with Gasteiger partial charge < -0.3 is 24.6 Å². The SMILES string of the molecule is Cc1c(CC(=O)NC(Cc2c[nH]c3ccccc23)C(=O)O)c(=O)oc2cc3c(cc12)CCC(C)(C)O3. The van der Waals surface area contributed by atoms with Gasteiger partial charge in [0.25, 0.3) is 0 Å². The van der Waals surface area contributed by atoms with Crippen molar-refractivity contribution in [1.29, 1.82) is 0 Å². The molecule has 36 heavy (non-hydrogen) atoms. The van der Waals surface area contributed by atoms with Crippen LogP contribution >= 0.6 is 0 Å². The fourth-order valence-electron chi connectivity index (χ4n) is 4.87. The van der Waals surface area contributed by atoms with E-state index in [2.05, 4.69) is 10.3 Å². The van der Waals surface area contributed by atoms with Crippen molar-refractivity contribution < 1.29 is 23.8 Å². The van der Waals surface area contributed by atoms with Crippen LogP contribution in [0.2, 0.25) is 0 Å². The minimum Gasteiger partial charge on any atom is -0.487 e. The Kier molecular flexibility index (Phi) is 5.82. The standard InChI is InChI=1S/C28H28N2O6/c1-15-19-10-16-8-9-28(2,3)36-23(16)13-24(19)35-27(34)20(15)12-25(31)30-22(26(32)33)11-17-14-29-21-7-5-4-6-18(17)21/h4-7,10,13-14,22,29H,8-9,11-12H2,1-3H3,(H,30,31)(H,32,33). The van der Waals surface area contributed by atoms with Gasteiger partial charge in [-0.1, -0.05) is 18.2 Å². The molecular weight excluding hydrogens is 460 g/mol. The van der Waals surface area contributed by atoms with Crippen LogP contribution in [0.3, 0.4) is 0 Å². The average molecular weight is 489 g/mol. The van der Waals surface area contributed by atoms with Crippen LogP contribution in [-0.2, 0) is 28.9 Å². The lowest BCUT2D eigenvalue weighted by Gasteiger charge is -2.32. The summed E-state index contributed by atoms with van der Waals surface area (Å²) in [6, 6.07) is 10.1. The number of carboxylic acids is 1. The number of carbonyl (C=O) groups is 2. The van der Waals surface area contributed by atoms with Crippen molar-refractivity contribution in [3.8, 4) is 5.75 Å². The summed E-state index contributed by atoms with van der Waals surface area (Å²) in [6.07, 6.45) is 3.28. The van der Waals surface area contributed by atoms with Crippen molar-refractivity contribution in [2.45, 2.75) is 58.1 Å². The Bertz CT molecular complexity index is 1560. The maximum Gasteiger partial charge on any atom is 0.340 e. The number of nitrogens with one attached hydrogen (secondary N) is 2. The first-order valence-electron chi connectivity index (χ1n) is 12.0. The number of H-pyrrole nitrogens is 1. The largest absolute Gasteiger partial charge is 0.487 e. The van der Waals surface area contributed by atoms with Gasteiger partial charge in [0.1, 0.15) is 23.0 Å². The van der Waals surface area contributed by atoms with Gasteiger partial charge in [-0.3, -0.25) is 4.79 Å². The number of aryl methyl sites for hydroxylation is 2. The maximum absolute atomic E-state index is 12.9. The number of hydrogen-bond donors (Lipinski definition) is 3. The van der Waals surface area contributed by atoms with Gasteiger partial charge in [-0.05, 0) is 62.4 Å². The van der Waals surface area contributed by atoms with E-state index in [0.29, 0.717) is 16.9 Å². The average Bonchev–Trinajstić information content (AvgIpc) is 3.22. The first kappa shape index (κ1) is 23.7. The van der Waals surface area contributed by atoms with Crippen molar-refractivity contribution in [2.75, 3.05) is 0 Å². The Labute approximate surface area is 207 Å². The van der Waals surface area contributed by atoms with E-state index in [1.54, 1.807) is 19.2 Å². The molecule has 1 atom stereocenters. The summed E-state index contributed by atoms with van der Waals surface area (Å²) in [7, 11) is 0. The van der Waals surface area contributed by atoms with E-state index < -0.39 is 23.5 Å². The molecule has 1 unspecified atom stereocenters. The fourth-order valence-corrected chi connectivity index (χ4v) is 4.87. The minimum absolute atomic E-state index is 0.110. The molecule has 1 amide bonds. The predicted molar refractivity (Wildman–Crippen MR) is 136 cm³/mol. The minimum atomic E-state index is -1.15. The topological polar surface area (TPSA) is 122 Å². The number of aromatic nitrogens is 1. The number of ether oxygens (including phenoxy) is 1. The van der Waals surface area contributed by atoms with Crippen molar-refractivity contribution >= 4 is 33.7 Å². The van der Waals surface area contributed by atoms with Crippen LogP contribution in [0.1, 0.15) is 42.5 Å². The molecule has 0 radical (unpaired) electrons. The third kappa shape index (κ3) is 4.46. The van der Waals surface area contributed by atoms with Crippen LogP contribution in [0, 0.1) is 6.92 Å². The molecule has 0 aliphatic carbocycles. The molecule has 0 spiro atoms. The highest BCUT2D eigenvalue weighted by molar-refractivity contribution is 5.89. The zero-order valence-electron chi connectivity index (χ0n) is 20.4. The molecule has 0 saturated heterocycles. The van der Waals surface area contributed by atoms with E-state index in [1.807, 2.05) is 44.2 Å². The predicted octanol–water partition coefficient (Wildman–Crippen LogP) is 4.04. The van der Waals surface area contributed by atoms with E-state index in [9.17, 15) is 19.5 Å². The van der Waals surface area contributed by atoms with Crippen LogP contribution in [-0.4, -0.2) is 33.6 Å². The molecule has 8 nitrogen and oxygen atoms in total. The number of benzene rings is 2. The van der Waals surface area contributed by atoms with Crippen molar-refractivity contribution in [1.82, 2.24) is 10.3 Å². The Balaban J connectivity index is 1.38. The third-order valence-corrected chi connectivity index (χ3v) is 6.92. The smallest absolute Gasteiger partial charge is 0.340 e. The van der Waals surface area contributed by atoms with Crippen LogP contribution in [0.15, 0.2) is 51.8 Å². The summed E-state index contributed by atoms with van der Waals surface area (Å²) in [5.74, 6) is -1.00. The van der Waals surface area contributed by atoms with E-state index in [-0.39, 0.29) is 24.0 Å². The number of rotatable bonds is 6. The number of amides is 1. The van der Waals surface area contributed by atoms with Gasteiger partial charge in [-0.15, -0.1) is 0 Å². The quantitative estimate of drug-likeness (QED) is 0.352. The van der Waals surface area contributed by atoms with E-state index in [4.69, 9.17) is 9.15 Å². The van der Waals surface area contributed by atoms with Crippen LogP contribution < -0.4 is 15.7 Å². The van der Waals surface area contributed by atoms with Gasteiger partial charge in [-0.25, -0.2) is 9.59 Å².